The first-order chi connectivity index (χ1) is 18.8. The van der Waals surface area contributed by atoms with Gasteiger partial charge in [0.15, 0.2) is 0 Å². The zero-order valence-electron chi connectivity index (χ0n) is 23.9. The number of benzene rings is 2. The molecule has 2 atom stereocenters. The van der Waals surface area contributed by atoms with Crippen LogP contribution in [0.15, 0.2) is 76.1 Å². The van der Waals surface area contributed by atoms with Gasteiger partial charge in [0.1, 0.15) is 27.9 Å². The Labute approximate surface area is 247 Å². The average molecular weight is 579 g/mol. The molecular weight excluding hydrogens is 540 g/mol. The van der Waals surface area contributed by atoms with Crippen molar-refractivity contribution >= 4 is 42.3 Å². The molecule has 0 saturated carbocycles. The molecule has 3 aromatic rings. The van der Waals surface area contributed by atoms with Crippen molar-refractivity contribution in [3.05, 3.63) is 88.5 Å². The van der Waals surface area contributed by atoms with Crippen LogP contribution in [0.4, 0.5) is 0 Å². The topological polar surface area (TPSA) is 71.8 Å². The largest absolute Gasteiger partial charge is 0.459 e. The number of amides is 1. The third-order valence-corrected chi connectivity index (χ3v) is 7.68. The van der Waals surface area contributed by atoms with Gasteiger partial charge in [0.05, 0.1) is 4.91 Å². The van der Waals surface area contributed by atoms with Gasteiger partial charge in [-0.3, -0.25) is 4.79 Å². The number of nitrogens with one attached hydrogen (secondary N) is 1. The number of thiol groups is 1. The van der Waals surface area contributed by atoms with Crippen LogP contribution in [0.2, 0.25) is 0 Å². The van der Waals surface area contributed by atoms with Crippen molar-refractivity contribution in [2.45, 2.75) is 64.4 Å². The number of esters is 1. The van der Waals surface area contributed by atoms with Crippen LogP contribution < -0.4 is 5.32 Å². The fourth-order valence-corrected chi connectivity index (χ4v) is 5.61. The third-order valence-electron chi connectivity index (χ3n) is 6.07. The summed E-state index contributed by atoms with van der Waals surface area (Å²) in [5.74, 6) is 0.899. The molecule has 8 heteroatoms. The average Bonchev–Trinajstić information content (AvgIpc) is 3.44. The first kappa shape index (κ1) is 30.0. The molecule has 2 heterocycles. The second-order valence-electron chi connectivity index (χ2n) is 12.1. The van der Waals surface area contributed by atoms with Crippen molar-refractivity contribution in [2.75, 3.05) is 6.54 Å². The molecule has 1 N–H and O–H groups in total. The molecular formula is C32H38N2O4S2. The number of ether oxygens (including phenoxy) is 1. The lowest BCUT2D eigenvalue weighted by atomic mass is 9.95. The maximum Gasteiger partial charge on any atom is 0.328 e. The number of carbonyl (C=O) groups excluding carboxylic acids is 2. The lowest BCUT2D eigenvalue weighted by Gasteiger charge is -2.27. The molecule has 2 unspecified atom stereocenters. The number of rotatable bonds is 8. The first-order valence-electron chi connectivity index (χ1n) is 13.4. The second kappa shape index (κ2) is 12.3. The number of thioether (sulfide) groups is 1. The Hall–Kier alpha value is -2.94. The van der Waals surface area contributed by atoms with Crippen molar-refractivity contribution in [3.63, 3.8) is 0 Å². The maximum atomic E-state index is 13.1. The highest BCUT2D eigenvalue weighted by Crippen LogP contribution is 2.39. The van der Waals surface area contributed by atoms with E-state index < -0.39 is 11.6 Å². The Bertz CT molecular complexity index is 1350. The Kier molecular flexibility index (Phi) is 9.22. The Balaban J connectivity index is 1.48. The summed E-state index contributed by atoms with van der Waals surface area (Å²) in [5, 5.41) is 3.38. The molecule has 212 valence electrons. The van der Waals surface area contributed by atoms with Crippen LogP contribution in [0.25, 0.3) is 17.4 Å². The van der Waals surface area contributed by atoms with E-state index in [0.29, 0.717) is 29.5 Å². The van der Waals surface area contributed by atoms with Crippen LogP contribution in [0.1, 0.15) is 64.5 Å². The van der Waals surface area contributed by atoms with Gasteiger partial charge < -0.3 is 19.4 Å². The summed E-state index contributed by atoms with van der Waals surface area (Å²) in [7, 11) is 0. The van der Waals surface area contributed by atoms with Crippen molar-refractivity contribution in [2.24, 2.45) is 5.41 Å². The van der Waals surface area contributed by atoms with E-state index in [1.54, 1.807) is 11.0 Å². The highest BCUT2D eigenvalue weighted by atomic mass is 32.2. The lowest BCUT2D eigenvalue weighted by molar-refractivity contribution is -0.157. The maximum absolute atomic E-state index is 13.1. The Morgan fingerprint density at radius 2 is 1.73 bits per heavy atom. The molecule has 2 aromatic carbocycles. The van der Waals surface area contributed by atoms with E-state index >= 15 is 0 Å². The zero-order chi connectivity index (χ0) is 29.1. The standard InChI is InChI=1S/C32H38N2O4S2/c1-31(2,3)20-33-27(29(36)38-32(4,5)6)23-14-12-22(13-15-23)25-17-16-24(37-25)18-26-28(35)34(30(39)40-26)19-21-10-8-7-9-11-21/h7-18,27,30,33,39H,19-20H2,1-6H3/b26-18-. The highest BCUT2D eigenvalue weighted by Gasteiger charge is 2.34. The summed E-state index contributed by atoms with van der Waals surface area (Å²) in [6.45, 7) is 13.1. The van der Waals surface area contributed by atoms with Crippen LogP contribution in [0.5, 0.6) is 0 Å². The Morgan fingerprint density at radius 1 is 1.05 bits per heavy atom. The fraction of sp³-hybridized carbons (Fsp3) is 0.375. The molecule has 0 radical (unpaired) electrons. The van der Waals surface area contributed by atoms with Crippen LogP contribution in [0.3, 0.4) is 0 Å². The quantitative estimate of drug-likeness (QED) is 0.166. The van der Waals surface area contributed by atoms with Gasteiger partial charge >= 0.3 is 5.97 Å². The molecule has 0 spiro atoms. The summed E-state index contributed by atoms with van der Waals surface area (Å²) in [6, 6.07) is 20.7. The first-order valence-corrected chi connectivity index (χ1v) is 14.8. The minimum atomic E-state index is -0.581. The molecule has 0 aliphatic carbocycles. The second-order valence-corrected chi connectivity index (χ2v) is 14.1. The fourth-order valence-electron chi connectivity index (χ4n) is 4.16. The van der Waals surface area contributed by atoms with Gasteiger partial charge in [0.2, 0.25) is 0 Å². The summed E-state index contributed by atoms with van der Waals surface area (Å²) in [6.07, 6.45) is 1.77. The van der Waals surface area contributed by atoms with Crippen molar-refractivity contribution in [1.29, 1.82) is 0 Å². The van der Waals surface area contributed by atoms with E-state index in [1.807, 2.05) is 87.5 Å². The summed E-state index contributed by atoms with van der Waals surface area (Å²) >= 11 is 6.03. The number of hydrogen-bond donors (Lipinski definition) is 2. The number of hydrogen-bond acceptors (Lipinski definition) is 7. The Morgan fingerprint density at radius 3 is 2.35 bits per heavy atom. The molecule has 1 fully saturated rings. The third kappa shape index (κ3) is 8.05. The minimum absolute atomic E-state index is 0.00380. The van der Waals surface area contributed by atoms with Crippen LogP contribution >= 0.6 is 24.4 Å². The van der Waals surface area contributed by atoms with Crippen LogP contribution in [-0.4, -0.2) is 33.6 Å². The van der Waals surface area contributed by atoms with E-state index in [4.69, 9.17) is 9.15 Å². The molecule has 1 aliphatic heterocycles. The predicted molar refractivity (Wildman–Crippen MR) is 166 cm³/mol. The predicted octanol–water partition coefficient (Wildman–Crippen LogP) is 7.30. The number of nitrogens with zero attached hydrogens (tertiary/aromatic N) is 1. The van der Waals surface area contributed by atoms with Gasteiger partial charge in [-0.25, -0.2) is 4.79 Å². The summed E-state index contributed by atoms with van der Waals surface area (Å²) in [4.78, 5) is 28.4. The highest BCUT2D eigenvalue weighted by molar-refractivity contribution is 8.14. The van der Waals surface area contributed by atoms with E-state index in [0.717, 1.165) is 16.7 Å². The van der Waals surface area contributed by atoms with E-state index in [1.165, 1.54) is 11.8 Å². The number of carbonyl (C=O) groups is 2. The van der Waals surface area contributed by atoms with E-state index in [9.17, 15) is 9.59 Å². The monoisotopic (exact) mass is 578 g/mol. The van der Waals surface area contributed by atoms with Crippen LogP contribution in [-0.2, 0) is 20.9 Å². The van der Waals surface area contributed by atoms with E-state index in [2.05, 4.69) is 38.7 Å². The van der Waals surface area contributed by atoms with Crippen molar-refractivity contribution in [1.82, 2.24) is 10.2 Å². The van der Waals surface area contributed by atoms with Crippen LogP contribution in [0, 0.1) is 5.41 Å². The molecule has 6 nitrogen and oxygen atoms in total. The molecule has 40 heavy (non-hydrogen) atoms. The van der Waals surface area contributed by atoms with Gasteiger partial charge in [-0.2, -0.15) is 0 Å². The normalized spacial score (nSPS) is 17.9. The zero-order valence-corrected chi connectivity index (χ0v) is 25.6. The van der Waals surface area contributed by atoms with Gasteiger partial charge in [-0.05, 0) is 49.4 Å². The SMILES string of the molecule is CC(C)(C)CNC(C(=O)OC(C)(C)C)c1ccc(-c2ccc(/C=C3\SC(S)N(Cc4ccccc4)C3=O)o2)cc1. The van der Waals surface area contributed by atoms with E-state index in [-0.39, 0.29) is 22.0 Å². The van der Waals surface area contributed by atoms with Gasteiger partial charge in [-0.1, -0.05) is 87.1 Å². The molecule has 4 rings (SSSR count). The molecule has 0 bridgehead atoms. The molecule has 1 aliphatic rings. The minimum Gasteiger partial charge on any atom is -0.459 e. The molecule has 1 saturated heterocycles. The van der Waals surface area contributed by atoms with Crippen molar-refractivity contribution in [3.8, 4) is 11.3 Å². The summed E-state index contributed by atoms with van der Waals surface area (Å²) < 4.78 is 11.5. The van der Waals surface area contributed by atoms with Gasteiger partial charge in [0, 0.05) is 24.7 Å². The molecule has 1 amide bonds. The lowest BCUT2D eigenvalue weighted by Crippen LogP contribution is -2.38. The van der Waals surface area contributed by atoms with Crippen molar-refractivity contribution < 1.29 is 18.7 Å². The van der Waals surface area contributed by atoms with Gasteiger partial charge in [0.25, 0.3) is 5.91 Å². The summed E-state index contributed by atoms with van der Waals surface area (Å²) in [5.41, 5.74) is 2.17. The van der Waals surface area contributed by atoms with Gasteiger partial charge in [-0.15, -0.1) is 12.6 Å². The molecule has 1 aromatic heterocycles. The number of furan rings is 1. The smallest absolute Gasteiger partial charge is 0.328 e.